The summed E-state index contributed by atoms with van der Waals surface area (Å²) in [6.07, 6.45) is 2.13. The molecule has 0 saturated heterocycles. The van der Waals surface area contributed by atoms with Gasteiger partial charge in [0.1, 0.15) is 0 Å². The zero-order valence-electron chi connectivity index (χ0n) is 9.71. The largest absolute Gasteiger partial charge is 0.385 e. The molecule has 0 fully saturated rings. The third-order valence-corrected chi connectivity index (χ3v) is 2.74. The number of fused-ring (bicyclic) bond motifs is 1. The van der Waals surface area contributed by atoms with Gasteiger partial charge >= 0.3 is 6.03 Å². The Labute approximate surface area is 95.6 Å². The summed E-state index contributed by atoms with van der Waals surface area (Å²) in [6, 6.07) is 5.88. The molecule has 1 aliphatic heterocycles. The lowest BCUT2D eigenvalue weighted by Crippen LogP contribution is -2.28. The quantitative estimate of drug-likeness (QED) is 0.760. The number of benzene rings is 1. The number of carbonyl (C=O) groups is 1. The second kappa shape index (κ2) is 4.43. The number of urea groups is 1. The van der Waals surface area contributed by atoms with Crippen LogP contribution in [0, 0.1) is 0 Å². The SMILES string of the molecule is CN(C)C(=O)Nc1cccc2c1CCCN2. The molecular weight excluding hydrogens is 202 g/mol. The number of nitrogens with one attached hydrogen (secondary N) is 2. The second-order valence-electron chi connectivity index (χ2n) is 4.19. The molecule has 0 aliphatic carbocycles. The van der Waals surface area contributed by atoms with Crippen LogP contribution in [0.2, 0.25) is 0 Å². The van der Waals surface area contributed by atoms with E-state index in [1.165, 1.54) is 10.5 Å². The summed E-state index contributed by atoms with van der Waals surface area (Å²) < 4.78 is 0. The van der Waals surface area contributed by atoms with E-state index in [0.29, 0.717) is 0 Å². The first-order valence-electron chi connectivity index (χ1n) is 5.52. The van der Waals surface area contributed by atoms with Crippen molar-refractivity contribution in [2.75, 3.05) is 31.3 Å². The first-order chi connectivity index (χ1) is 7.68. The van der Waals surface area contributed by atoms with E-state index >= 15 is 0 Å². The van der Waals surface area contributed by atoms with Gasteiger partial charge in [0, 0.05) is 32.0 Å². The van der Waals surface area contributed by atoms with Gasteiger partial charge in [-0.1, -0.05) is 6.07 Å². The highest BCUT2D eigenvalue weighted by Crippen LogP contribution is 2.28. The van der Waals surface area contributed by atoms with Gasteiger partial charge in [0.15, 0.2) is 0 Å². The molecule has 0 saturated carbocycles. The average Bonchev–Trinajstić information content (AvgIpc) is 2.29. The lowest BCUT2D eigenvalue weighted by Gasteiger charge is -2.22. The summed E-state index contributed by atoms with van der Waals surface area (Å²) in [5.74, 6) is 0. The Balaban J connectivity index is 2.24. The summed E-state index contributed by atoms with van der Waals surface area (Å²) in [5, 5.41) is 6.26. The van der Waals surface area contributed by atoms with Gasteiger partial charge in [0.05, 0.1) is 0 Å². The molecule has 1 aromatic carbocycles. The minimum Gasteiger partial charge on any atom is -0.385 e. The van der Waals surface area contributed by atoms with E-state index in [1.54, 1.807) is 14.1 Å². The van der Waals surface area contributed by atoms with E-state index in [2.05, 4.69) is 16.7 Å². The Morgan fingerprint density at radius 2 is 2.25 bits per heavy atom. The predicted molar refractivity (Wildman–Crippen MR) is 66.0 cm³/mol. The molecule has 86 valence electrons. The molecule has 0 aromatic heterocycles. The molecule has 1 aromatic rings. The number of nitrogens with zero attached hydrogens (tertiary/aromatic N) is 1. The highest BCUT2D eigenvalue weighted by atomic mass is 16.2. The van der Waals surface area contributed by atoms with Crippen molar-refractivity contribution in [2.45, 2.75) is 12.8 Å². The Morgan fingerprint density at radius 3 is 3.00 bits per heavy atom. The minimum atomic E-state index is -0.0843. The molecule has 16 heavy (non-hydrogen) atoms. The van der Waals surface area contributed by atoms with Crippen molar-refractivity contribution in [1.82, 2.24) is 4.90 Å². The van der Waals surface area contributed by atoms with Gasteiger partial charge in [-0.3, -0.25) is 0 Å². The number of anilines is 2. The predicted octanol–water partition coefficient (Wildman–Crippen LogP) is 2.14. The molecule has 1 aliphatic rings. The Bertz CT molecular complexity index is 401. The van der Waals surface area contributed by atoms with Crippen LogP contribution < -0.4 is 10.6 Å². The first kappa shape index (κ1) is 10.8. The van der Waals surface area contributed by atoms with Crippen LogP contribution in [0.3, 0.4) is 0 Å². The Kier molecular flexibility index (Phi) is 2.99. The standard InChI is InChI=1S/C12H17N3O/c1-15(2)12(16)14-11-7-3-6-10-9(11)5-4-8-13-10/h3,6-7,13H,4-5,8H2,1-2H3,(H,14,16). The molecule has 0 spiro atoms. The number of amides is 2. The minimum absolute atomic E-state index is 0.0843. The van der Waals surface area contributed by atoms with Crippen LogP contribution in [0.1, 0.15) is 12.0 Å². The second-order valence-corrected chi connectivity index (χ2v) is 4.19. The van der Waals surface area contributed by atoms with E-state index in [9.17, 15) is 4.79 Å². The highest BCUT2D eigenvalue weighted by Gasteiger charge is 2.14. The van der Waals surface area contributed by atoms with Crippen LogP contribution in [0.4, 0.5) is 16.2 Å². The molecular formula is C12H17N3O. The van der Waals surface area contributed by atoms with E-state index in [-0.39, 0.29) is 6.03 Å². The molecule has 4 nitrogen and oxygen atoms in total. The van der Waals surface area contributed by atoms with Gasteiger partial charge in [-0.25, -0.2) is 4.79 Å². The van der Waals surface area contributed by atoms with Gasteiger partial charge in [-0.05, 0) is 30.5 Å². The summed E-state index contributed by atoms with van der Waals surface area (Å²) in [5.41, 5.74) is 3.27. The van der Waals surface area contributed by atoms with E-state index in [4.69, 9.17) is 0 Å². The van der Waals surface area contributed by atoms with Crippen molar-refractivity contribution in [3.63, 3.8) is 0 Å². The average molecular weight is 219 g/mol. The maximum atomic E-state index is 11.6. The zero-order valence-corrected chi connectivity index (χ0v) is 9.71. The van der Waals surface area contributed by atoms with Crippen LogP contribution >= 0.6 is 0 Å². The summed E-state index contributed by atoms with van der Waals surface area (Å²) in [6.45, 7) is 1.01. The Morgan fingerprint density at radius 1 is 1.44 bits per heavy atom. The van der Waals surface area contributed by atoms with Crippen molar-refractivity contribution in [3.05, 3.63) is 23.8 Å². The third kappa shape index (κ3) is 2.10. The lowest BCUT2D eigenvalue weighted by atomic mass is 10.0. The van der Waals surface area contributed by atoms with Crippen molar-refractivity contribution in [2.24, 2.45) is 0 Å². The lowest BCUT2D eigenvalue weighted by molar-refractivity contribution is 0.230. The van der Waals surface area contributed by atoms with Crippen LogP contribution in [0.15, 0.2) is 18.2 Å². The third-order valence-electron chi connectivity index (χ3n) is 2.74. The molecule has 2 amide bonds. The smallest absolute Gasteiger partial charge is 0.321 e. The van der Waals surface area contributed by atoms with Crippen LogP contribution in [0.25, 0.3) is 0 Å². The number of hydrogen-bond donors (Lipinski definition) is 2. The summed E-state index contributed by atoms with van der Waals surface area (Å²) >= 11 is 0. The monoisotopic (exact) mass is 219 g/mol. The van der Waals surface area contributed by atoms with Crippen molar-refractivity contribution in [3.8, 4) is 0 Å². The van der Waals surface area contributed by atoms with Crippen molar-refractivity contribution in [1.29, 1.82) is 0 Å². The Hall–Kier alpha value is -1.71. The van der Waals surface area contributed by atoms with Crippen LogP contribution in [-0.4, -0.2) is 31.6 Å². The molecule has 0 bridgehead atoms. The number of carbonyl (C=O) groups excluding carboxylic acids is 1. The summed E-state index contributed by atoms with van der Waals surface area (Å²) in [7, 11) is 3.48. The molecule has 0 atom stereocenters. The van der Waals surface area contributed by atoms with E-state index in [0.717, 1.165) is 30.8 Å². The molecule has 2 rings (SSSR count). The number of rotatable bonds is 1. The topological polar surface area (TPSA) is 44.4 Å². The molecule has 0 unspecified atom stereocenters. The van der Waals surface area contributed by atoms with Gasteiger partial charge in [-0.15, -0.1) is 0 Å². The maximum absolute atomic E-state index is 11.6. The molecule has 0 radical (unpaired) electrons. The fourth-order valence-electron chi connectivity index (χ4n) is 1.85. The fourth-order valence-corrected chi connectivity index (χ4v) is 1.85. The first-order valence-corrected chi connectivity index (χ1v) is 5.52. The van der Waals surface area contributed by atoms with Crippen molar-refractivity contribution >= 4 is 17.4 Å². The normalized spacial score (nSPS) is 13.6. The van der Waals surface area contributed by atoms with Crippen LogP contribution in [0.5, 0.6) is 0 Å². The van der Waals surface area contributed by atoms with Gasteiger partial charge in [0.25, 0.3) is 0 Å². The highest BCUT2D eigenvalue weighted by molar-refractivity contribution is 5.91. The van der Waals surface area contributed by atoms with Crippen molar-refractivity contribution < 1.29 is 4.79 Å². The zero-order chi connectivity index (χ0) is 11.5. The molecule has 4 heteroatoms. The van der Waals surface area contributed by atoms with Gasteiger partial charge in [-0.2, -0.15) is 0 Å². The van der Waals surface area contributed by atoms with Crippen LogP contribution in [-0.2, 0) is 6.42 Å². The molecule has 1 heterocycles. The number of hydrogen-bond acceptors (Lipinski definition) is 2. The van der Waals surface area contributed by atoms with E-state index in [1.807, 2.05) is 12.1 Å². The fraction of sp³-hybridized carbons (Fsp3) is 0.417. The van der Waals surface area contributed by atoms with Gasteiger partial charge < -0.3 is 15.5 Å². The maximum Gasteiger partial charge on any atom is 0.321 e. The molecule has 2 N–H and O–H groups in total. The summed E-state index contributed by atoms with van der Waals surface area (Å²) in [4.78, 5) is 13.1. The van der Waals surface area contributed by atoms with E-state index < -0.39 is 0 Å². The van der Waals surface area contributed by atoms with Gasteiger partial charge in [0.2, 0.25) is 0 Å².